The Morgan fingerprint density at radius 2 is 1.83 bits per heavy atom. The van der Waals surface area contributed by atoms with Crippen molar-refractivity contribution in [2.45, 2.75) is 13.0 Å². The van der Waals surface area contributed by atoms with E-state index in [9.17, 15) is 19.1 Å². The zero-order chi connectivity index (χ0) is 22.0. The lowest BCUT2D eigenvalue weighted by Gasteiger charge is -2.26. The zero-order valence-corrected chi connectivity index (χ0v) is 17.5. The fraction of sp³-hybridized carbons (Fsp3) is 0.304. The maximum atomic E-state index is 13.5. The Balaban J connectivity index is 2.16. The van der Waals surface area contributed by atoms with Crippen LogP contribution in [0.25, 0.3) is 5.76 Å². The van der Waals surface area contributed by atoms with Gasteiger partial charge in [0, 0.05) is 18.7 Å². The van der Waals surface area contributed by atoms with E-state index in [0.717, 1.165) is 0 Å². The molecule has 7 heteroatoms. The molecule has 2 aromatic rings. The lowest BCUT2D eigenvalue weighted by Crippen LogP contribution is -2.35. The molecule has 0 spiro atoms. The molecule has 1 atom stereocenters. The first-order valence-electron chi connectivity index (χ1n) is 9.58. The molecule has 0 radical (unpaired) electrons. The number of halogens is 1. The predicted molar refractivity (Wildman–Crippen MR) is 112 cm³/mol. The maximum Gasteiger partial charge on any atom is 0.295 e. The van der Waals surface area contributed by atoms with Crippen LogP contribution in [-0.4, -0.2) is 60.9 Å². The molecule has 1 fully saturated rings. The summed E-state index contributed by atoms with van der Waals surface area (Å²) >= 11 is 0. The third kappa shape index (κ3) is 4.07. The number of likely N-dealkylation sites (tertiary alicyclic amines) is 1. The van der Waals surface area contributed by atoms with E-state index in [-0.39, 0.29) is 17.9 Å². The van der Waals surface area contributed by atoms with E-state index in [4.69, 9.17) is 4.74 Å². The highest BCUT2D eigenvalue weighted by Gasteiger charge is 2.46. The van der Waals surface area contributed by atoms with Crippen molar-refractivity contribution in [3.63, 3.8) is 0 Å². The summed E-state index contributed by atoms with van der Waals surface area (Å²) in [6.45, 7) is 2.61. The highest BCUT2D eigenvalue weighted by molar-refractivity contribution is 6.46. The first-order chi connectivity index (χ1) is 14.2. The molecule has 1 saturated heterocycles. The molecule has 6 nitrogen and oxygen atoms in total. The molecule has 0 aromatic heterocycles. The van der Waals surface area contributed by atoms with E-state index in [1.54, 1.807) is 32.2 Å². The monoisotopic (exact) mass is 412 g/mol. The number of benzene rings is 2. The molecule has 0 aliphatic carbocycles. The van der Waals surface area contributed by atoms with Gasteiger partial charge in [-0.2, -0.15) is 0 Å². The topological polar surface area (TPSA) is 70.1 Å². The van der Waals surface area contributed by atoms with Gasteiger partial charge in [-0.3, -0.25) is 9.59 Å². The average Bonchev–Trinajstić information content (AvgIpc) is 2.96. The Labute approximate surface area is 175 Å². The van der Waals surface area contributed by atoms with Crippen molar-refractivity contribution in [1.29, 1.82) is 0 Å². The summed E-state index contributed by atoms with van der Waals surface area (Å²) in [4.78, 5) is 29.1. The second-order valence-corrected chi connectivity index (χ2v) is 7.53. The SMILES string of the molecule is COc1ccc(C(O)=C2C(=O)C(=O)N(CCN(C)C)[C@@H]2c2ccc(F)cc2)c(C)c1. The lowest BCUT2D eigenvalue weighted by atomic mass is 9.94. The van der Waals surface area contributed by atoms with Gasteiger partial charge in [-0.15, -0.1) is 0 Å². The van der Waals surface area contributed by atoms with Gasteiger partial charge in [-0.1, -0.05) is 12.1 Å². The largest absolute Gasteiger partial charge is 0.507 e. The Bertz CT molecular complexity index is 999. The highest BCUT2D eigenvalue weighted by Crippen LogP contribution is 2.40. The van der Waals surface area contributed by atoms with Gasteiger partial charge in [0.05, 0.1) is 18.7 Å². The first kappa shape index (κ1) is 21.5. The molecule has 3 rings (SSSR count). The van der Waals surface area contributed by atoms with E-state index >= 15 is 0 Å². The Morgan fingerprint density at radius 1 is 1.17 bits per heavy atom. The fourth-order valence-electron chi connectivity index (χ4n) is 3.58. The van der Waals surface area contributed by atoms with Crippen LogP contribution in [0, 0.1) is 12.7 Å². The highest BCUT2D eigenvalue weighted by atomic mass is 19.1. The number of aliphatic hydroxyl groups is 1. The fourth-order valence-corrected chi connectivity index (χ4v) is 3.58. The lowest BCUT2D eigenvalue weighted by molar-refractivity contribution is -0.140. The number of amides is 1. The molecule has 1 N–H and O–H groups in total. The molecule has 0 saturated carbocycles. The van der Waals surface area contributed by atoms with Crippen LogP contribution in [-0.2, 0) is 9.59 Å². The molecular weight excluding hydrogens is 387 g/mol. The van der Waals surface area contributed by atoms with E-state index < -0.39 is 23.5 Å². The number of hydrogen-bond donors (Lipinski definition) is 1. The minimum Gasteiger partial charge on any atom is -0.507 e. The van der Waals surface area contributed by atoms with Crippen LogP contribution in [0.1, 0.15) is 22.7 Å². The van der Waals surface area contributed by atoms with Gasteiger partial charge in [0.25, 0.3) is 11.7 Å². The molecule has 2 aromatic carbocycles. The van der Waals surface area contributed by atoms with Gasteiger partial charge >= 0.3 is 0 Å². The Hall–Kier alpha value is -3.19. The number of ether oxygens (including phenoxy) is 1. The van der Waals surface area contributed by atoms with Crippen molar-refractivity contribution in [2.24, 2.45) is 0 Å². The van der Waals surface area contributed by atoms with E-state index in [0.29, 0.717) is 29.0 Å². The van der Waals surface area contributed by atoms with Gasteiger partial charge in [-0.05, 0) is 62.5 Å². The number of carbonyl (C=O) groups is 2. The number of hydrogen-bond acceptors (Lipinski definition) is 5. The van der Waals surface area contributed by atoms with Crippen molar-refractivity contribution >= 4 is 17.4 Å². The number of Topliss-reactive ketones (excluding diaryl/α,β-unsaturated/α-hetero) is 1. The number of aliphatic hydroxyl groups excluding tert-OH is 1. The van der Waals surface area contributed by atoms with Crippen LogP contribution in [0.4, 0.5) is 4.39 Å². The summed E-state index contributed by atoms with van der Waals surface area (Å²) in [6, 6.07) is 9.89. The maximum absolute atomic E-state index is 13.5. The molecule has 158 valence electrons. The van der Waals surface area contributed by atoms with Crippen LogP contribution < -0.4 is 4.74 Å². The van der Waals surface area contributed by atoms with Crippen LogP contribution in [0.15, 0.2) is 48.0 Å². The summed E-state index contributed by atoms with van der Waals surface area (Å²) in [5, 5.41) is 11.1. The summed E-state index contributed by atoms with van der Waals surface area (Å²) in [5.41, 5.74) is 1.69. The van der Waals surface area contributed by atoms with Crippen molar-refractivity contribution in [2.75, 3.05) is 34.3 Å². The molecule has 1 heterocycles. The van der Waals surface area contributed by atoms with E-state index in [1.165, 1.54) is 29.2 Å². The summed E-state index contributed by atoms with van der Waals surface area (Å²) in [7, 11) is 5.27. The van der Waals surface area contributed by atoms with Crippen molar-refractivity contribution < 1.29 is 23.8 Å². The number of nitrogens with zero attached hydrogens (tertiary/aromatic N) is 2. The molecule has 1 aliphatic rings. The second kappa shape index (κ2) is 8.67. The minimum absolute atomic E-state index is 0.00127. The molecule has 1 amide bonds. The number of ketones is 1. The molecule has 30 heavy (non-hydrogen) atoms. The van der Waals surface area contributed by atoms with E-state index in [1.807, 2.05) is 19.0 Å². The number of aryl methyl sites for hydroxylation is 1. The normalized spacial score (nSPS) is 18.3. The summed E-state index contributed by atoms with van der Waals surface area (Å²) in [5.74, 6) is -1.49. The van der Waals surface area contributed by atoms with Gasteiger partial charge < -0.3 is 19.6 Å². The van der Waals surface area contributed by atoms with Crippen molar-refractivity contribution in [3.05, 3.63) is 70.5 Å². The van der Waals surface area contributed by atoms with Crippen molar-refractivity contribution in [3.8, 4) is 5.75 Å². The van der Waals surface area contributed by atoms with Crippen LogP contribution in [0.2, 0.25) is 0 Å². The predicted octanol–water partition coefficient (Wildman–Crippen LogP) is 3.13. The van der Waals surface area contributed by atoms with Gasteiger partial charge in [-0.25, -0.2) is 4.39 Å². The van der Waals surface area contributed by atoms with Crippen LogP contribution in [0.5, 0.6) is 5.75 Å². The number of carbonyl (C=O) groups excluding carboxylic acids is 2. The van der Waals surface area contributed by atoms with E-state index in [2.05, 4.69) is 0 Å². The standard InChI is InChI=1S/C23H25FN2O4/c1-14-13-17(30-4)9-10-18(14)21(27)19-20(15-5-7-16(24)8-6-15)26(12-11-25(2)3)23(29)22(19)28/h5-10,13,20,27H,11-12H2,1-4H3/t20-/m1/s1. The Morgan fingerprint density at radius 3 is 2.40 bits per heavy atom. The summed E-state index contributed by atoms with van der Waals surface area (Å²) < 4.78 is 18.7. The minimum atomic E-state index is -0.799. The zero-order valence-electron chi connectivity index (χ0n) is 17.5. The second-order valence-electron chi connectivity index (χ2n) is 7.53. The Kier molecular flexibility index (Phi) is 6.22. The van der Waals surface area contributed by atoms with Gasteiger partial charge in [0.15, 0.2) is 0 Å². The number of rotatable bonds is 6. The quantitative estimate of drug-likeness (QED) is 0.449. The first-order valence-corrected chi connectivity index (χ1v) is 9.58. The van der Waals surface area contributed by atoms with Crippen molar-refractivity contribution in [1.82, 2.24) is 9.80 Å². The third-order valence-electron chi connectivity index (χ3n) is 5.20. The number of likely N-dealkylation sites (N-methyl/N-ethyl adjacent to an activating group) is 1. The molecule has 0 bridgehead atoms. The smallest absolute Gasteiger partial charge is 0.295 e. The molecule has 1 aliphatic heterocycles. The van der Waals surface area contributed by atoms with Crippen LogP contribution >= 0.6 is 0 Å². The van der Waals surface area contributed by atoms with Crippen LogP contribution in [0.3, 0.4) is 0 Å². The van der Waals surface area contributed by atoms with Gasteiger partial charge in [0.2, 0.25) is 0 Å². The van der Waals surface area contributed by atoms with Gasteiger partial charge in [0.1, 0.15) is 17.3 Å². The third-order valence-corrected chi connectivity index (χ3v) is 5.20. The summed E-state index contributed by atoms with van der Waals surface area (Å²) in [6.07, 6.45) is 0. The average molecular weight is 412 g/mol. The molecule has 0 unspecified atom stereocenters. The molecular formula is C23H25FN2O4. The number of methoxy groups -OCH3 is 1.